The topological polar surface area (TPSA) is 56.7 Å². The molecular weight excluding hydrogens is 336 g/mol. The van der Waals surface area contributed by atoms with E-state index in [4.69, 9.17) is 0 Å². The molecule has 0 bridgehead atoms. The summed E-state index contributed by atoms with van der Waals surface area (Å²) in [4.78, 5) is 19.1. The quantitative estimate of drug-likeness (QED) is 0.458. The molecule has 27 heavy (non-hydrogen) atoms. The number of fused-ring (bicyclic) bond motifs is 1. The monoisotopic (exact) mass is 370 g/mol. The van der Waals surface area contributed by atoms with E-state index in [9.17, 15) is 4.79 Å². The normalized spacial score (nSPS) is 22.4. The third-order valence-electron chi connectivity index (χ3n) is 5.71. The van der Waals surface area contributed by atoms with E-state index in [0.717, 1.165) is 37.9 Å². The fourth-order valence-corrected chi connectivity index (χ4v) is 4.01. The van der Waals surface area contributed by atoms with Crippen LogP contribution in [0.25, 0.3) is 0 Å². The van der Waals surface area contributed by atoms with Gasteiger partial charge in [0.15, 0.2) is 5.96 Å². The van der Waals surface area contributed by atoms with Crippen LogP contribution in [0.3, 0.4) is 0 Å². The Morgan fingerprint density at radius 2 is 1.81 bits per heavy atom. The lowest BCUT2D eigenvalue weighted by molar-refractivity contribution is -0.131. The van der Waals surface area contributed by atoms with Crippen molar-refractivity contribution >= 4 is 11.9 Å². The van der Waals surface area contributed by atoms with Crippen molar-refractivity contribution in [2.75, 3.05) is 13.1 Å². The minimum Gasteiger partial charge on any atom is -0.357 e. The fourth-order valence-electron chi connectivity index (χ4n) is 4.01. The smallest absolute Gasteiger partial charge is 0.223 e. The molecule has 1 aromatic carbocycles. The number of carbonyl (C=O) groups excluding carboxylic acids is 1. The fraction of sp³-hybridized carbons (Fsp3) is 0.636. The minimum atomic E-state index is 0.237. The molecule has 1 saturated carbocycles. The maximum atomic E-state index is 12.5. The van der Waals surface area contributed by atoms with Crippen molar-refractivity contribution in [2.24, 2.45) is 10.9 Å². The first kappa shape index (κ1) is 19.7. The first-order valence-electron chi connectivity index (χ1n) is 10.5. The van der Waals surface area contributed by atoms with Gasteiger partial charge in [0.05, 0.1) is 0 Å². The van der Waals surface area contributed by atoms with Gasteiger partial charge in [-0.2, -0.15) is 0 Å². The van der Waals surface area contributed by atoms with Gasteiger partial charge < -0.3 is 15.5 Å². The number of hydrogen-bond donors (Lipinski definition) is 2. The molecule has 0 spiro atoms. The Morgan fingerprint density at radius 1 is 1.15 bits per heavy atom. The van der Waals surface area contributed by atoms with Crippen molar-refractivity contribution < 1.29 is 4.79 Å². The molecule has 3 rings (SSSR count). The number of nitrogens with zero attached hydrogens (tertiary/aromatic N) is 2. The second-order valence-electron chi connectivity index (χ2n) is 7.98. The highest BCUT2D eigenvalue weighted by Gasteiger charge is 2.22. The van der Waals surface area contributed by atoms with E-state index < -0.39 is 0 Å². The Hall–Kier alpha value is -2.04. The Bertz CT molecular complexity index is 624. The molecule has 0 atom stereocenters. The van der Waals surface area contributed by atoms with Crippen LogP contribution >= 0.6 is 0 Å². The molecule has 1 fully saturated rings. The number of nitrogens with one attached hydrogen (secondary N) is 2. The van der Waals surface area contributed by atoms with Crippen molar-refractivity contribution in [3.8, 4) is 0 Å². The first-order chi connectivity index (χ1) is 13.2. The average molecular weight is 371 g/mol. The van der Waals surface area contributed by atoms with Crippen molar-refractivity contribution in [3.05, 3.63) is 35.4 Å². The molecule has 148 valence electrons. The second kappa shape index (κ2) is 9.77. The Morgan fingerprint density at radius 3 is 2.44 bits per heavy atom. The van der Waals surface area contributed by atoms with E-state index in [0.29, 0.717) is 19.0 Å². The summed E-state index contributed by atoms with van der Waals surface area (Å²) in [6, 6.07) is 8.86. The van der Waals surface area contributed by atoms with Gasteiger partial charge in [-0.15, -0.1) is 0 Å². The number of guanidine groups is 1. The standard InChI is InChI=1S/C22H34N4O/c1-3-23-22(25-20-12-10-17(2)11-13-20)24-14-6-9-21(27)26-15-18-7-4-5-8-19(18)16-26/h4-5,7-8,17,20H,3,6,9-16H2,1-2H3,(H2,23,24,25). The predicted molar refractivity (Wildman–Crippen MR) is 110 cm³/mol. The van der Waals surface area contributed by atoms with Gasteiger partial charge in [0.25, 0.3) is 0 Å². The molecule has 0 saturated heterocycles. The summed E-state index contributed by atoms with van der Waals surface area (Å²) < 4.78 is 0. The third-order valence-corrected chi connectivity index (χ3v) is 5.71. The summed E-state index contributed by atoms with van der Waals surface area (Å²) in [5.41, 5.74) is 2.56. The number of amides is 1. The number of aliphatic imine (C=N–C) groups is 1. The highest BCUT2D eigenvalue weighted by molar-refractivity contribution is 5.80. The van der Waals surface area contributed by atoms with Crippen LogP contribution in [0.1, 0.15) is 63.5 Å². The molecule has 1 heterocycles. The van der Waals surface area contributed by atoms with Gasteiger partial charge in [0.2, 0.25) is 5.91 Å². The summed E-state index contributed by atoms with van der Waals surface area (Å²) >= 11 is 0. The van der Waals surface area contributed by atoms with E-state index in [1.807, 2.05) is 17.0 Å². The van der Waals surface area contributed by atoms with Crippen LogP contribution in [0.5, 0.6) is 0 Å². The van der Waals surface area contributed by atoms with Gasteiger partial charge in [-0.05, 0) is 56.1 Å². The molecule has 5 nitrogen and oxygen atoms in total. The van der Waals surface area contributed by atoms with Crippen LogP contribution in [0.2, 0.25) is 0 Å². The number of benzene rings is 1. The van der Waals surface area contributed by atoms with Gasteiger partial charge >= 0.3 is 0 Å². The van der Waals surface area contributed by atoms with E-state index in [1.165, 1.54) is 36.8 Å². The summed E-state index contributed by atoms with van der Waals surface area (Å²) in [5.74, 6) is 1.99. The maximum absolute atomic E-state index is 12.5. The zero-order valence-electron chi connectivity index (χ0n) is 16.8. The van der Waals surface area contributed by atoms with Crippen LogP contribution in [-0.4, -0.2) is 35.9 Å². The van der Waals surface area contributed by atoms with Crippen molar-refractivity contribution in [1.29, 1.82) is 0 Å². The first-order valence-corrected chi connectivity index (χ1v) is 10.5. The lowest BCUT2D eigenvalue weighted by atomic mass is 9.87. The van der Waals surface area contributed by atoms with Gasteiger partial charge in [-0.1, -0.05) is 31.2 Å². The molecule has 0 radical (unpaired) electrons. The molecule has 1 amide bonds. The highest BCUT2D eigenvalue weighted by Crippen LogP contribution is 2.24. The lowest BCUT2D eigenvalue weighted by Gasteiger charge is -2.28. The van der Waals surface area contributed by atoms with Gasteiger partial charge in [-0.3, -0.25) is 9.79 Å². The number of carbonyl (C=O) groups is 1. The van der Waals surface area contributed by atoms with Gasteiger partial charge in [-0.25, -0.2) is 0 Å². The largest absolute Gasteiger partial charge is 0.357 e. The Labute approximate surface area is 163 Å². The maximum Gasteiger partial charge on any atom is 0.223 e. The van der Waals surface area contributed by atoms with Gasteiger partial charge in [0, 0.05) is 38.6 Å². The molecule has 1 aliphatic carbocycles. The summed E-state index contributed by atoms with van der Waals surface area (Å²) in [7, 11) is 0. The van der Waals surface area contributed by atoms with Crippen molar-refractivity contribution in [2.45, 2.75) is 71.5 Å². The molecule has 0 aromatic heterocycles. The van der Waals surface area contributed by atoms with Crippen LogP contribution < -0.4 is 10.6 Å². The molecule has 5 heteroatoms. The lowest BCUT2D eigenvalue weighted by Crippen LogP contribution is -2.44. The zero-order valence-corrected chi connectivity index (χ0v) is 16.8. The second-order valence-corrected chi connectivity index (χ2v) is 7.98. The molecule has 2 aliphatic rings. The SMILES string of the molecule is CCNC(=NCCCC(=O)N1Cc2ccccc2C1)NC1CCC(C)CC1. The van der Waals surface area contributed by atoms with E-state index >= 15 is 0 Å². The van der Waals surface area contributed by atoms with E-state index in [1.54, 1.807) is 0 Å². The number of hydrogen-bond acceptors (Lipinski definition) is 2. The summed E-state index contributed by atoms with van der Waals surface area (Å²) in [6.07, 6.45) is 6.40. The van der Waals surface area contributed by atoms with E-state index in [2.05, 4.69) is 41.6 Å². The molecule has 1 aromatic rings. The zero-order chi connectivity index (χ0) is 19.1. The number of rotatable bonds is 6. The summed E-state index contributed by atoms with van der Waals surface area (Å²) in [6.45, 7) is 7.48. The van der Waals surface area contributed by atoms with Crippen molar-refractivity contribution in [1.82, 2.24) is 15.5 Å². The third kappa shape index (κ3) is 5.72. The van der Waals surface area contributed by atoms with Crippen LogP contribution in [0.15, 0.2) is 29.3 Å². The van der Waals surface area contributed by atoms with Crippen LogP contribution in [0, 0.1) is 5.92 Å². The predicted octanol–water partition coefficient (Wildman–Crippen LogP) is 3.44. The molecule has 1 aliphatic heterocycles. The Balaban J connectivity index is 1.40. The Kier molecular flexibility index (Phi) is 7.13. The molecule has 2 N–H and O–H groups in total. The van der Waals surface area contributed by atoms with Crippen LogP contribution in [-0.2, 0) is 17.9 Å². The van der Waals surface area contributed by atoms with Crippen molar-refractivity contribution in [3.63, 3.8) is 0 Å². The minimum absolute atomic E-state index is 0.237. The summed E-state index contributed by atoms with van der Waals surface area (Å²) in [5, 5.41) is 6.92. The van der Waals surface area contributed by atoms with E-state index in [-0.39, 0.29) is 5.91 Å². The molecular formula is C22H34N4O. The molecule has 0 unspecified atom stereocenters. The van der Waals surface area contributed by atoms with Crippen LogP contribution in [0.4, 0.5) is 0 Å². The highest BCUT2D eigenvalue weighted by atomic mass is 16.2. The average Bonchev–Trinajstić information content (AvgIpc) is 3.11. The van der Waals surface area contributed by atoms with Gasteiger partial charge in [0.1, 0.15) is 0 Å².